The summed E-state index contributed by atoms with van der Waals surface area (Å²) in [6.45, 7) is 12.2. The second-order valence-electron chi connectivity index (χ2n) is 22.2. The normalized spacial score (nSPS) is 48.8. The molecule has 0 bridgehead atoms. The molecule has 4 saturated heterocycles. The molecule has 2 spiro atoms. The SMILES string of the molecule is CC=C(C)C(=O)O[C@@H]1[C@@H](OC(=O)c2ccccc2)[C@]2(C)[C@H](C(C)=O)CC[C@@]23O[C@]32CC[C@H]3C[C@@H](O[C@H]4C[C@@H](OC)[C@H](O[C@@H]5O[C@H](C)[C@@H](O[C@@H]6O[C@H](CO)[C@@H](O)[C@H](O)[C@H]6O)[C@@H](OC)[C@H]5O)[C@@H](C)O4)CC[C@]3(C)[C@@H]12. The van der Waals surface area contributed by atoms with Gasteiger partial charge in [-0.25, -0.2) is 9.59 Å². The van der Waals surface area contributed by atoms with Crippen molar-refractivity contribution in [3.05, 3.63) is 47.5 Å². The van der Waals surface area contributed by atoms with Crippen LogP contribution >= 0.6 is 0 Å². The summed E-state index contributed by atoms with van der Waals surface area (Å²) in [5.74, 6) is -1.80. The van der Waals surface area contributed by atoms with E-state index in [-0.39, 0.29) is 23.7 Å². The molecule has 24 atom stereocenters. The van der Waals surface area contributed by atoms with E-state index >= 15 is 0 Å². The van der Waals surface area contributed by atoms with Gasteiger partial charge in [0.05, 0.1) is 36.6 Å². The molecule has 0 amide bonds. The third kappa shape index (κ3) is 8.72. The van der Waals surface area contributed by atoms with Crippen LogP contribution in [0.25, 0.3) is 0 Å². The molecule has 4 heterocycles. The maximum atomic E-state index is 14.2. The van der Waals surface area contributed by atoms with Gasteiger partial charge in [-0.05, 0) is 103 Å². The molecular weight excluding hydrogens is 941 g/mol. The summed E-state index contributed by atoms with van der Waals surface area (Å²) in [4.78, 5) is 41.8. The van der Waals surface area contributed by atoms with E-state index in [0.29, 0.717) is 56.1 Å². The topological polar surface area (TPSA) is 257 Å². The third-order valence-corrected chi connectivity index (χ3v) is 18.6. The summed E-state index contributed by atoms with van der Waals surface area (Å²) in [6.07, 6.45) is -11.0. The van der Waals surface area contributed by atoms with Gasteiger partial charge in [0.25, 0.3) is 0 Å². The Hall–Kier alpha value is -2.99. The minimum absolute atomic E-state index is 0.00937. The highest BCUT2D eigenvalue weighted by Gasteiger charge is 2.91. The lowest BCUT2D eigenvalue weighted by molar-refractivity contribution is -0.371. The Morgan fingerprint density at radius 1 is 0.750 bits per heavy atom. The Kier molecular flexibility index (Phi) is 15.3. The predicted octanol–water partition coefficient (Wildman–Crippen LogP) is 3.06. The smallest absolute Gasteiger partial charge is 0.338 e. The molecule has 1 aromatic rings. The maximum absolute atomic E-state index is 14.2. The van der Waals surface area contributed by atoms with Crippen molar-refractivity contribution >= 4 is 17.7 Å². The second kappa shape index (κ2) is 20.5. The van der Waals surface area contributed by atoms with Crippen molar-refractivity contribution in [3.8, 4) is 0 Å². The van der Waals surface area contributed by atoms with E-state index in [0.717, 1.165) is 6.42 Å². The number of fused-ring (bicyclic) bond motifs is 2. The van der Waals surface area contributed by atoms with Gasteiger partial charge >= 0.3 is 11.9 Å². The van der Waals surface area contributed by atoms with Crippen LogP contribution in [0.3, 0.4) is 0 Å². The van der Waals surface area contributed by atoms with E-state index in [1.807, 2.05) is 19.9 Å². The first-order valence-corrected chi connectivity index (χ1v) is 25.9. The number of aliphatic hydroxyl groups excluding tert-OH is 5. The largest absolute Gasteiger partial charge is 0.455 e. The number of ether oxygens (including phenoxy) is 11. The highest BCUT2D eigenvalue weighted by molar-refractivity contribution is 5.90. The average molecular weight is 1020 g/mol. The fourth-order valence-corrected chi connectivity index (χ4v) is 14.7. The molecule has 19 nitrogen and oxygen atoms in total. The van der Waals surface area contributed by atoms with E-state index in [1.54, 1.807) is 65.1 Å². The Labute approximate surface area is 421 Å². The van der Waals surface area contributed by atoms with Crippen LogP contribution in [0, 0.1) is 28.6 Å². The van der Waals surface area contributed by atoms with Crippen molar-refractivity contribution in [1.29, 1.82) is 0 Å². The van der Waals surface area contributed by atoms with Crippen LogP contribution in [-0.4, -0.2) is 180 Å². The summed E-state index contributed by atoms with van der Waals surface area (Å²) in [5.41, 5.74) is -2.09. The van der Waals surface area contributed by atoms with Gasteiger partial charge in [0.15, 0.2) is 18.9 Å². The lowest BCUT2D eigenvalue weighted by atomic mass is 9.43. The molecule has 1 aromatic carbocycles. The minimum Gasteiger partial charge on any atom is -0.455 e. The zero-order valence-electron chi connectivity index (χ0n) is 42.8. The van der Waals surface area contributed by atoms with Crippen LogP contribution in [0.1, 0.15) is 110 Å². The van der Waals surface area contributed by atoms with Gasteiger partial charge < -0.3 is 77.6 Å². The van der Waals surface area contributed by atoms with Crippen LogP contribution in [0.15, 0.2) is 42.0 Å². The average Bonchev–Trinajstić information content (AvgIpc) is 3.91. The summed E-state index contributed by atoms with van der Waals surface area (Å²) >= 11 is 0. The number of rotatable bonds is 14. The summed E-state index contributed by atoms with van der Waals surface area (Å²) in [5, 5.41) is 52.5. The first-order valence-electron chi connectivity index (χ1n) is 25.9. The van der Waals surface area contributed by atoms with Gasteiger partial charge in [0, 0.05) is 43.5 Å². The Morgan fingerprint density at radius 3 is 2.11 bits per heavy atom. The van der Waals surface area contributed by atoms with E-state index in [9.17, 15) is 39.9 Å². The molecule has 8 aliphatic rings. The number of carbonyl (C=O) groups is 3. The van der Waals surface area contributed by atoms with Crippen molar-refractivity contribution in [2.24, 2.45) is 28.6 Å². The fraction of sp³-hybridized carbons (Fsp3) is 0.792. The van der Waals surface area contributed by atoms with Crippen molar-refractivity contribution in [1.82, 2.24) is 0 Å². The summed E-state index contributed by atoms with van der Waals surface area (Å²) < 4.78 is 69.7. The van der Waals surface area contributed by atoms with Gasteiger partial charge in [0.2, 0.25) is 0 Å². The molecule has 4 aliphatic heterocycles. The van der Waals surface area contributed by atoms with Crippen molar-refractivity contribution < 1.29 is 92.0 Å². The molecule has 0 aromatic heterocycles. The number of epoxide rings is 1. The number of benzene rings is 1. The van der Waals surface area contributed by atoms with Gasteiger partial charge in [-0.15, -0.1) is 0 Å². The van der Waals surface area contributed by atoms with Crippen LogP contribution < -0.4 is 0 Å². The number of allylic oxidation sites excluding steroid dienone is 1. The maximum Gasteiger partial charge on any atom is 0.338 e. The minimum atomic E-state index is -1.67. The van der Waals surface area contributed by atoms with Gasteiger partial charge in [0.1, 0.15) is 78.0 Å². The van der Waals surface area contributed by atoms with Crippen molar-refractivity contribution in [2.45, 2.75) is 215 Å². The number of methoxy groups -OCH3 is 2. The van der Waals surface area contributed by atoms with Gasteiger partial charge in [-0.3, -0.25) is 4.79 Å². The first kappa shape index (κ1) is 53.8. The van der Waals surface area contributed by atoms with Crippen molar-refractivity contribution in [2.75, 3.05) is 20.8 Å². The Bertz CT molecular complexity index is 2160. The van der Waals surface area contributed by atoms with E-state index in [2.05, 4.69) is 6.92 Å². The molecule has 5 N–H and O–H groups in total. The molecule has 8 fully saturated rings. The quantitative estimate of drug-likeness (QED) is 0.0777. The number of esters is 2. The lowest BCUT2D eigenvalue weighted by Crippen LogP contribution is -2.70. The highest BCUT2D eigenvalue weighted by Crippen LogP contribution is 2.81. The zero-order valence-corrected chi connectivity index (χ0v) is 42.8. The van der Waals surface area contributed by atoms with Crippen LogP contribution in [0.4, 0.5) is 0 Å². The van der Waals surface area contributed by atoms with E-state index in [1.165, 1.54) is 7.11 Å². The molecule has 0 radical (unpaired) electrons. The predicted molar refractivity (Wildman–Crippen MR) is 250 cm³/mol. The molecule has 9 rings (SSSR count). The number of ketones is 1. The summed E-state index contributed by atoms with van der Waals surface area (Å²) in [6, 6.07) is 8.75. The van der Waals surface area contributed by atoms with Gasteiger partial charge in [-0.1, -0.05) is 38.1 Å². The molecular formula is C53H76O19. The summed E-state index contributed by atoms with van der Waals surface area (Å²) in [7, 11) is 2.94. The number of Topliss-reactive ketones (excluding diaryl/α,β-unsaturated/α-hetero) is 1. The highest BCUT2D eigenvalue weighted by atomic mass is 16.8. The Morgan fingerprint density at radius 2 is 1.44 bits per heavy atom. The second-order valence-corrected chi connectivity index (χ2v) is 22.2. The fourth-order valence-electron chi connectivity index (χ4n) is 14.7. The van der Waals surface area contributed by atoms with Crippen molar-refractivity contribution in [3.63, 3.8) is 0 Å². The van der Waals surface area contributed by atoms with E-state index in [4.69, 9.17) is 52.1 Å². The van der Waals surface area contributed by atoms with Crippen LogP contribution in [0.5, 0.6) is 0 Å². The zero-order chi connectivity index (χ0) is 51.8. The first-order chi connectivity index (χ1) is 34.2. The standard InChI is InChI=1S/C53H76O19/c1-10-25(2)46(60)68-43-44-50(6)19-17-31(22-30(50)16-20-52(44)53(72-52)21-18-32(26(3)55)51(53,7)45(43)71-47(61)29-14-12-11-13-15-29)66-35-23-33(62-8)40(27(4)64-35)69-49-39(59)42(63-9)41(28(5)65-49)70-48-38(58)37(57)36(56)34(24-54)67-48/h10-15,27-28,30-45,48-49,54,56-59H,16-24H2,1-9H3/t27-,28-,30+,31+,32+,33-,34-,35+,36-,37+,38-,39-,40-,41-,42+,43+,44-,45-,48+,49+,50+,51+,52+,53-/m1/s1. The molecule has 19 heteroatoms. The molecule has 4 aliphatic carbocycles. The van der Waals surface area contributed by atoms with Crippen LogP contribution in [-0.2, 0) is 61.7 Å². The monoisotopic (exact) mass is 1020 g/mol. The van der Waals surface area contributed by atoms with Gasteiger partial charge in [-0.2, -0.15) is 0 Å². The lowest BCUT2D eigenvalue weighted by Gasteiger charge is -2.61. The number of hydrogen-bond acceptors (Lipinski definition) is 19. The molecule has 4 saturated carbocycles. The number of aliphatic hydroxyl groups is 5. The Balaban J connectivity index is 0.897. The van der Waals surface area contributed by atoms with Crippen LogP contribution in [0.2, 0.25) is 0 Å². The van der Waals surface area contributed by atoms with E-state index < -0.39 is 145 Å². The number of hydrogen-bond donors (Lipinski definition) is 5. The third-order valence-electron chi connectivity index (χ3n) is 18.6. The molecule has 72 heavy (non-hydrogen) atoms. The molecule has 0 unspecified atom stereocenters. The number of carbonyl (C=O) groups excluding carboxylic acids is 3. The molecule has 402 valence electrons.